The molecule has 2 aliphatic rings. The summed E-state index contributed by atoms with van der Waals surface area (Å²) >= 11 is 6.26. The Morgan fingerprint density at radius 1 is 1.29 bits per heavy atom. The highest BCUT2D eigenvalue weighted by Gasteiger charge is 2.46. The Kier molecular flexibility index (Phi) is 2.92. The fourth-order valence-corrected chi connectivity index (χ4v) is 4.87. The second kappa shape index (κ2) is 4.83. The number of likely N-dealkylation sites (N-methyl/N-ethyl adjacent to an activating group) is 1. The third kappa shape index (κ3) is 1.85. The van der Waals surface area contributed by atoms with Crippen LogP contribution in [-0.2, 0) is 12.0 Å². The van der Waals surface area contributed by atoms with Gasteiger partial charge >= 0.3 is 0 Å². The molecule has 0 aliphatic carbocycles. The Morgan fingerprint density at radius 2 is 2.12 bits per heavy atom. The van der Waals surface area contributed by atoms with E-state index in [4.69, 9.17) is 16.7 Å². The van der Waals surface area contributed by atoms with Gasteiger partial charge in [-0.05, 0) is 45.0 Å². The molecule has 1 fully saturated rings. The lowest BCUT2D eigenvalue weighted by Gasteiger charge is -2.23. The van der Waals surface area contributed by atoms with Crippen LogP contribution in [0.4, 0.5) is 0 Å². The first-order valence-electron chi connectivity index (χ1n) is 8.47. The molecule has 0 aromatic carbocycles. The van der Waals surface area contributed by atoms with Gasteiger partial charge in [-0.1, -0.05) is 11.6 Å². The molecule has 2 aliphatic heterocycles. The number of aryl methyl sites for hydroxylation is 1. The van der Waals surface area contributed by atoms with Crippen LogP contribution >= 0.6 is 11.6 Å². The molecule has 1 N–H and O–H groups in total. The summed E-state index contributed by atoms with van der Waals surface area (Å²) in [5.41, 5.74) is 5.93. The lowest BCUT2D eigenvalue weighted by atomic mass is 9.80. The minimum Gasteiger partial charge on any atom is -0.345 e. The molecule has 1 atom stereocenters. The molecule has 0 saturated carbocycles. The van der Waals surface area contributed by atoms with Crippen molar-refractivity contribution < 1.29 is 0 Å². The van der Waals surface area contributed by atoms with E-state index in [2.05, 4.69) is 39.6 Å². The average Bonchev–Trinajstić information content (AvgIpc) is 3.29. The van der Waals surface area contributed by atoms with Crippen molar-refractivity contribution >= 4 is 22.6 Å². The fourth-order valence-electron chi connectivity index (χ4n) is 4.68. The van der Waals surface area contributed by atoms with E-state index >= 15 is 0 Å². The quantitative estimate of drug-likeness (QED) is 0.738. The van der Waals surface area contributed by atoms with E-state index in [-0.39, 0.29) is 5.41 Å². The van der Waals surface area contributed by atoms with Crippen molar-refractivity contribution in [3.63, 3.8) is 0 Å². The van der Waals surface area contributed by atoms with Crippen molar-refractivity contribution in [2.45, 2.75) is 31.7 Å². The molecular weight excluding hydrogens is 322 g/mol. The minimum absolute atomic E-state index is 0.285. The Hall–Kier alpha value is -1.85. The van der Waals surface area contributed by atoms with Crippen LogP contribution in [0.25, 0.3) is 22.3 Å². The Balaban J connectivity index is 1.65. The average molecular weight is 342 g/mol. The highest BCUT2D eigenvalue weighted by Crippen LogP contribution is 2.45. The van der Waals surface area contributed by atoms with Crippen LogP contribution in [0.5, 0.6) is 0 Å². The molecule has 1 unspecified atom stereocenters. The third-order valence-corrected chi connectivity index (χ3v) is 6.11. The molecule has 0 amide bonds. The topological polar surface area (TPSA) is 49.7 Å². The molecule has 0 radical (unpaired) electrons. The molecule has 5 heterocycles. The summed E-state index contributed by atoms with van der Waals surface area (Å²) in [5, 5.41) is 6.59. The molecule has 1 spiro atoms. The number of aromatic nitrogens is 4. The normalized spacial score (nSPS) is 23.6. The van der Waals surface area contributed by atoms with E-state index in [9.17, 15) is 0 Å². The van der Waals surface area contributed by atoms with Gasteiger partial charge in [0, 0.05) is 47.5 Å². The number of aromatic amines is 1. The Bertz CT molecular complexity index is 956. The van der Waals surface area contributed by atoms with Gasteiger partial charge in [-0.25, -0.2) is 4.98 Å². The van der Waals surface area contributed by atoms with Crippen molar-refractivity contribution in [2.75, 3.05) is 20.1 Å². The number of fused-ring (bicyclic) bond motifs is 3. The van der Waals surface area contributed by atoms with Gasteiger partial charge in [0.2, 0.25) is 0 Å². The zero-order chi connectivity index (χ0) is 16.5. The monoisotopic (exact) mass is 341 g/mol. The maximum absolute atomic E-state index is 6.26. The molecule has 3 aromatic heterocycles. The number of rotatable bonds is 1. The summed E-state index contributed by atoms with van der Waals surface area (Å²) in [4.78, 5) is 10.0. The Morgan fingerprint density at radius 3 is 2.92 bits per heavy atom. The minimum atomic E-state index is 0.285. The van der Waals surface area contributed by atoms with Gasteiger partial charge in [0.1, 0.15) is 5.65 Å². The first-order valence-corrected chi connectivity index (χ1v) is 8.85. The zero-order valence-corrected chi connectivity index (χ0v) is 14.7. The van der Waals surface area contributed by atoms with Gasteiger partial charge in [-0.15, -0.1) is 0 Å². The van der Waals surface area contributed by atoms with E-state index in [0.717, 1.165) is 35.4 Å². The summed E-state index contributed by atoms with van der Waals surface area (Å²) < 4.78 is 2.23. The summed E-state index contributed by atoms with van der Waals surface area (Å²) in [5.74, 6) is 0. The number of H-pyrrole nitrogens is 1. The number of likely N-dealkylation sites (tertiary alicyclic amines) is 1. The number of hydrogen-bond donors (Lipinski definition) is 1. The number of hydrogen-bond acceptors (Lipinski definition) is 3. The van der Waals surface area contributed by atoms with Crippen molar-refractivity contribution in [3.05, 3.63) is 34.7 Å². The van der Waals surface area contributed by atoms with Crippen molar-refractivity contribution in [2.24, 2.45) is 0 Å². The van der Waals surface area contributed by atoms with E-state index in [0.29, 0.717) is 5.02 Å². The van der Waals surface area contributed by atoms with Crippen LogP contribution in [0, 0.1) is 6.92 Å². The highest BCUT2D eigenvalue weighted by atomic mass is 35.5. The van der Waals surface area contributed by atoms with Crippen LogP contribution in [0.3, 0.4) is 0 Å². The predicted molar refractivity (Wildman–Crippen MR) is 95.5 cm³/mol. The van der Waals surface area contributed by atoms with Crippen LogP contribution in [0.15, 0.2) is 18.5 Å². The van der Waals surface area contributed by atoms with E-state index in [1.165, 1.54) is 30.6 Å². The van der Waals surface area contributed by atoms with Gasteiger partial charge in [0.15, 0.2) is 0 Å². The van der Waals surface area contributed by atoms with E-state index < -0.39 is 0 Å². The van der Waals surface area contributed by atoms with Gasteiger partial charge in [0.25, 0.3) is 0 Å². The van der Waals surface area contributed by atoms with E-state index in [1.54, 1.807) is 6.20 Å². The van der Waals surface area contributed by atoms with Gasteiger partial charge in [0.05, 0.1) is 10.7 Å². The molecule has 5 rings (SSSR count). The number of halogens is 1. The van der Waals surface area contributed by atoms with Gasteiger partial charge < -0.3 is 9.88 Å². The smallest absolute Gasteiger partial charge is 0.138 e. The Labute approximate surface area is 145 Å². The zero-order valence-electron chi connectivity index (χ0n) is 13.9. The van der Waals surface area contributed by atoms with Crippen LogP contribution in [-0.4, -0.2) is 44.8 Å². The van der Waals surface area contributed by atoms with Crippen LogP contribution in [0.1, 0.15) is 24.1 Å². The largest absolute Gasteiger partial charge is 0.345 e. The van der Waals surface area contributed by atoms with Gasteiger partial charge in [-0.3, -0.25) is 4.68 Å². The standard InChI is InChI=1S/C18H20ClN5/c1-11-15(12-7-13-14(19)9-21-17(13)20-8-12)22-24-6-4-18(16(11)24)3-5-23(2)10-18/h7-9H,3-6,10H2,1-2H3,(H,20,21). The maximum Gasteiger partial charge on any atom is 0.138 e. The second-order valence-corrected chi connectivity index (χ2v) is 7.73. The van der Waals surface area contributed by atoms with Crippen molar-refractivity contribution in [1.29, 1.82) is 0 Å². The summed E-state index contributed by atoms with van der Waals surface area (Å²) in [6.07, 6.45) is 6.12. The summed E-state index contributed by atoms with van der Waals surface area (Å²) in [6, 6.07) is 2.10. The third-order valence-electron chi connectivity index (χ3n) is 5.79. The van der Waals surface area contributed by atoms with Crippen molar-refractivity contribution in [3.8, 4) is 11.3 Å². The lowest BCUT2D eigenvalue weighted by Crippen LogP contribution is -2.27. The predicted octanol–water partition coefficient (Wildman–Crippen LogP) is 3.37. The van der Waals surface area contributed by atoms with Gasteiger partial charge in [-0.2, -0.15) is 5.10 Å². The maximum atomic E-state index is 6.26. The molecular formula is C18H20ClN5. The molecule has 0 bridgehead atoms. The molecule has 24 heavy (non-hydrogen) atoms. The second-order valence-electron chi connectivity index (χ2n) is 7.32. The molecule has 5 nitrogen and oxygen atoms in total. The fraction of sp³-hybridized carbons (Fsp3) is 0.444. The summed E-state index contributed by atoms with van der Waals surface area (Å²) in [7, 11) is 2.22. The first kappa shape index (κ1) is 14.5. The van der Waals surface area contributed by atoms with Crippen LogP contribution in [0.2, 0.25) is 5.02 Å². The summed E-state index contributed by atoms with van der Waals surface area (Å²) in [6.45, 7) is 5.54. The molecule has 124 valence electrons. The first-order chi connectivity index (χ1) is 11.6. The van der Waals surface area contributed by atoms with E-state index in [1.807, 2.05) is 6.20 Å². The molecule has 3 aromatic rings. The lowest BCUT2D eigenvalue weighted by molar-refractivity contribution is 0.365. The molecule has 6 heteroatoms. The SMILES string of the molecule is Cc1c(-c2cnc3[nH]cc(Cl)c3c2)nn2c1C1(CCN(C)C1)CC2. The number of nitrogens with one attached hydrogen (secondary N) is 1. The van der Waals surface area contributed by atoms with Crippen molar-refractivity contribution in [1.82, 2.24) is 24.6 Å². The number of pyridine rings is 1. The highest BCUT2D eigenvalue weighted by molar-refractivity contribution is 6.35. The van der Waals surface area contributed by atoms with Crippen LogP contribution < -0.4 is 0 Å². The number of nitrogens with zero attached hydrogens (tertiary/aromatic N) is 4. The molecule has 1 saturated heterocycles.